The number of fused-ring (bicyclic) bond motifs is 1. The molecule has 1 atom stereocenters. The molecule has 1 N–H and O–H groups in total. The number of aryl methyl sites for hydroxylation is 1. The fourth-order valence-electron chi connectivity index (χ4n) is 5.32. The average Bonchev–Trinajstić information content (AvgIpc) is 3.12. The molecule has 0 unspecified atom stereocenters. The van der Waals surface area contributed by atoms with Crippen LogP contribution in [0.2, 0.25) is 0 Å². The number of nitrogens with zero attached hydrogens (tertiary/aromatic N) is 5. The lowest BCUT2D eigenvalue weighted by molar-refractivity contribution is -0.160. The summed E-state index contributed by atoms with van der Waals surface area (Å²) in [5, 5.41) is 4.24. The van der Waals surface area contributed by atoms with E-state index in [0.29, 0.717) is 24.2 Å². The second-order valence-electron chi connectivity index (χ2n) is 10.4. The molecule has 3 fully saturated rings. The molecule has 1 amide bonds. The second kappa shape index (κ2) is 8.27. The summed E-state index contributed by atoms with van der Waals surface area (Å²) in [5.41, 5.74) is 3.48. The molecule has 3 saturated carbocycles. The van der Waals surface area contributed by atoms with Crippen LogP contribution in [0.15, 0.2) is 30.5 Å². The largest absolute Gasteiger partial charge is 0.492 e. The summed E-state index contributed by atoms with van der Waals surface area (Å²) in [6.45, 7) is 5.84. The molecule has 2 bridgehead atoms. The molecule has 0 spiro atoms. The number of hydrogen-bond acceptors (Lipinski definition) is 6. The summed E-state index contributed by atoms with van der Waals surface area (Å²) in [6.07, 6.45) is 4.05. The van der Waals surface area contributed by atoms with Crippen molar-refractivity contribution >= 4 is 28.6 Å². The van der Waals surface area contributed by atoms with Gasteiger partial charge in [0, 0.05) is 37.9 Å². The van der Waals surface area contributed by atoms with Gasteiger partial charge in [-0.2, -0.15) is 4.98 Å². The molecule has 8 nitrogen and oxygen atoms in total. The number of nitrogens with one attached hydrogen (secondary N) is 1. The summed E-state index contributed by atoms with van der Waals surface area (Å²) >= 11 is 0. The summed E-state index contributed by atoms with van der Waals surface area (Å²) in [5.74, 6) is 2.73. The monoisotopic (exact) mass is 462 g/mol. The molecular formula is C26H34N6O2. The maximum atomic E-state index is 13.0. The molecule has 8 heteroatoms. The molecule has 1 aromatic carbocycles. The van der Waals surface area contributed by atoms with Gasteiger partial charge in [0.2, 0.25) is 5.95 Å². The topological polar surface area (TPSA) is 75.5 Å². The van der Waals surface area contributed by atoms with Crippen molar-refractivity contribution in [2.75, 3.05) is 46.7 Å². The summed E-state index contributed by atoms with van der Waals surface area (Å²) in [4.78, 5) is 26.2. The first kappa shape index (κ1) is 22.7. The van der Waals surface area contributed by atoms with E-state index >= 15 is 0 Å². The number of anilines is 2. The predicted octanol–water partition coefficient (Wildman–Crippen LogP) is 3.88. The highest BCUT2D eigenvalue weighted by atomic mass is 16.5. The quantitative estimate of drug-likeness (QED) is 0.548. The van der Waals surface area contributed by atoms with Crippen LogP contribution in [0.25, 0.3) is 11.0 Å². The third-order valence-corrected chi connectivity index (χ3v) is 7.62. The van der Waals surface area contributed by atoms with E-state index < -0.39 is 0 Å². The number of hydrogen-bond donors (Lipinski definition) is 1. The maximum absolute atomic E-state index is 13.0. The lowest BCUT2D eigenvalue weighted by Gasteiger charge is -2.68. The van der Waals surface area contributed by atoms with Gasteiger partial charge in [-0.1, -0.05) is 6.92 Å². The van der Waals surface area contributed by atoms with Gasteiger partial charge in [-0.15, -0.1) is 0 Å². The van der Waals surface area contributed by atoms with Crippen molar-refractivity contribution in [3.63, 3.8) is 0 Å². The van der Waals surface area contributed by atoms with Crippen LogP contribution in [0.5, 0.6) is 5.75 Å². The molecular weight excluding hydrogens is 428 g/mol. The summed E-state index contributed by atoms with van der Waals surface area (Å²) < 4.78 is 8.10. The van der Waals surface area contributed by atoms with Crippen molar-refractivity contribution in [3.8, 4) is 5.75 Å². The van der Waals surface area contributed by atoms with Crippen molar-refractivity contribution in [1.82, 2.24) is 24.3 Å². The Labute approximate surface area is 200 Å². The van der Waals surface area contributed by atoms with Crippen LogP contribution in [0.4, 0.5) is 11.6 Å². The Morgan fingerprint density at radius 1 is 1.24 bits per heavy atom. The number of likely N-dealkylation sites (N-methyl/N-ethyl adjacent to an activating group) is 1. The molecule has 2 heterocycles. The van der Waals surface area contributed by atoms with E-state index in [9.17, 15) is 4.79 Å². The van der Waals surface area contributed by atoms with E-state index in [-0.39, 0.29) is 11.4 Å². The van der Waals surface area contributed by atoms with Crippen molar-refractivity contribution in [2.45, 2.75) is 32.2 Å². The molecule has 180 valence electrons. The van der Waals surface area contributed by atoms with E-state index in [1.54, 1.807) is 19.0 Å². The average molecular weight is 463 g/mol. The minimum absolute atomic E-state index is 0.00117. The highest BCUT2D eigenvalue weighted by molar-refractivity contribution is 5.98. The predicted molar refractivity (Wildman–Crippen MR) is 134 cm³/mol. The molecule has 3 aromatic rings. The molecule has 0 saturated heterocycles. The van der Waals surface area contributed by atoms with Gasteiger partial charge < -0.3 is 24.4 Å². The first-order chi connectivity index (χ1) is 16.2. The number of carbonyl (C=O) groups excluding carboxylic acids is 1. The molecule has 3 aliphatic carbocycles. The smallest absolute Gasteiger partial charge is 0.270 e. The van der Waals surface area contributed by atoms with E-state index in [1.165, 1.54) is 0 Å². The van der Waals surface area contributed by atoms with Crippen molar-refractivity contribution in [2.24, 2.45) is 11.8 Å². The minimum atomic E-state index is 0.00117. The maximum Gasteiger partial charge on any atom is 0.270 e. The Kier molecular flexibility index (Phi) is 5.51. The molecule has 3 aliphatic rings. The molecule has 2 aromatic heterocycles. The Morgan fingerprint density at radius 3 is 2.59 bits per heavy atom. The van der Waals surface area contributed by atoms with Gasteiger partial charge in [0.1, 0.15) is 23.7 Å². The van der Waals surface area contributed by atoms with E-state index in [4.69, 9.17) is 9.72 Å². The van der Waals surface area contributed by atoms with Gasteiger partial charge in [-0.3, -0.25) is 4.79 Å². The van der Waals surface area contributed by atoms with E-state index in [1.807, 2.05) is 51.5 Å². The number of carbonyl (C=O) groups is 1. The molecule has 6 rings (SSSR count). The van der Waals surface area contributed by atoms with Crippen LogP contribution in [-0.4, -0.2) is 71.6 Å². The fourth-order valence-corrected chi connectivity index (χ4v) is 5.32. The van der Waals surface area contributed by atoms with Gasteiger partial charge in [0.15, 0.2) is 0 Å². The Bertz CT molecular complexity index is 1240. The van der Waals surface area contributed by atoms with Gasteiger partial charge >= 0.3 is 0 Å². The molecule has 0 radical (unpaired) electrons. The molecule has 34 heavy (non-hydrogen) atoms. The Hall–Kier alpha value is -3.13. The minimum Gasteiger partial charge on any atom is -0.492 e. The fraction of sp³-hybridized carbons (Fsp3) is 0.500. The lowest BCUT2D eigenvalue weighted by Crippen LogP contribution is -2.67. The number of rotatable bonds is 8. The summed E-state index contributed by atoms with van der Waals surface area (Å²) in [6, 6.07) is 7.95. The normalized spacial score (nSPS) is 22.9. The highest BCUT2D eigenvalue weighted by Gasteiger charge is 2.65. The number of ether oxygens (including phenoxy) is 1. The number of benzene rings is 1. The number of amides is 1. The van der Waals surface area contributed by atoms with Crippen molar-refractivity contribution < 1.29 is 9.53 Å². The highest BCUT2D eigenvalue weighted by Crippen LogP contribution is 2.67. The van der Waals surface area contributed by atoms with Gasteiger partial charge in [-0.25, -0.2) is 4.98 Å². The van der Waals surface area contributed by atoms with Crippen molar-refractivity contribution in [1.29, 1.82) is 0 Å². The van der Waals surface area contributed by atoms with E-state index in [2.05, 4.69) is 26.7 Å². The Morgan fingerprint density at radius 2 is 2.00 bits per heavy atom. The zero-order valence-corrected chi connectivity index (χ0v) is 20.9. The van der Waals surface area contributed by atoms with Crippen molar-refractivity contribution in [3.05, 3.63) is 41.7 Å². The first-order valence-electron chi connectivity index (χ1n) is 12.0. The zero-order valence-electron chi connectivity index (χ0n) is 20.9. The second-order valence-corrected chi connectivity index (χ2v) is 10.4. The van der Waals surface area contributed by atoms with Crippen LogP contribution in [0, 0.1) is 18.8 Å². The van der Waals surface area contributed by atoms with Crippen LogP contribution in [0.1, 0.15) is 35.8 Å². The van der Waals surface area contributed by atoms with Crippen LogP contribution in [-0.2, 0) is 5.54 Å². The number of aromatic nitrogens is 3. The summed E-state index contributed by atoms with van der Waals surface area (Å²) in [7, 11) is 7.66. The zero-order chi connectivity index (χ0) is 24.2. The third-order valence-electron chi connectivity index (χ3n) is 7.62. The SMILES string of the molecule is Cc1cc(Nc2ncc3cc(C(=O)N(C)C)n(C45CC(C4)[C@H]5C)c3n2)ccc1OCCN(C)C. The van der Waals surface area contributed by atoms with Crippen LogP contribution >= 0.6 is 0 Å². The first-order valence-corrected chi connectivity index (χ1v) is 12.0. The Balaban J connectivity index is 1.44. The van der Waals surface area contributed by atoms with Gasteiger partial charge in [0.05, 0.1) is 5.54 Å². The van der Waals surface area contributed by atoms with Crippen LogP contribution in [0.3, 0.4) is 0 Å². The third kappa shape index (κ3) is 3.60. The standard InChI is InChI=1S/C26H34N6O2/c1-16-11-20(7-8-22(16)34-10-9-30(3)4)28-25-27-15-18-12-21(24(33)31(5)6)32(23(18)29-25)26-13-19(14-26)17(26)2/h7-8,11-12,15,17,19H,9-10,13-14H2,1-6H3,(H,27,28,29)/t17-,19?,26?/m1/s1. The van der Waals surface area contributed by atoms with Gasteiger partial charge in [-0.05, 0) is 75.5 Å². The molecule has 0 aliphatic heterocycles. The lowest BCUT2D eigenvalue weighted by atomic mass is 9.42. The van der Waals surface area contributed by atoms with Gasteiger partial charge in [0.25, 0.3) is 5.91 Å². The van der Waals surface area contributed by atoms with Crippen LogP contribution < -0.4 is 10.1 Å². The van der Waals surface area contributed by atoms with E-state index in [0.717, 1.165) is 53.3 Å².